The van der Waals surface area contributed by atoms with Gasteiger partial charge >= 0.3 is 0 Å². The quantitative estimate of drug-likeness (QED) is 0.714. The molecule has 0 saturated carbocycles. The fraction of sp³-hybridized carbons (Fsp3) is 0.167. The van der Waals surface area contributed by atoms with Crippen LogP contribution in [0, 0.1) is 6.92 Å². The van der Waals surface area contributed by atoms with Crippen molar-refractivity contribution in [1.82, 2.24) is 9.55 Å². The molecule has 5 nitrogen and oxygen atoms in total. The third-order valence-corrected chi connectivity index (χ3v) is 4.19. The van der Waals surface area contributed by atoms with Crippen LogP contribution in [0.3, 0.4) is 0 Å². The molecule has 3 N–H and O–H groups in total. The zero-order chi connectivity index (χ0) is 16.0. The van der Waals surface area contributed by atoms with Gasteiger partial charge in [-0.25, -0.2) is 4.98 Å². The molecule has 5 heteroatoms. The summed E-state index contributed by atoms with van der Waals surface area (Å²) in [7, 11) is 1.57. The molecule has 0 spiro atoms. The Bertz CT molecular complexity index is 869. The average molecular weight is 306 g/mol. The molecule has 0 bridgehead atoms. The summed E-state index contributed by atoms with van der Waals surface area (Å²) in [6.07, 6.45) is 2.00. The summed E-state index contributed by atoms with van der Waals surface area (Å²) in [5.41, 5.74) is 11.4. The first-order valence-corrected chi connectivity index (χ1v) is 7.49. The molecule has 0 amide bonds. The van der Waals surface area contributed by atoms with Crippen molar-refractivity contribution in [3.63, 3.8) is 0 Å². The number of aryl methyl sites for hydroxylation is 1. The van der Waals surface area contributed by atoms with E-state index in [9.17, 15) is 0 Å². The first-order chi connectivity index (χ1) is 11.1. The number of aromatic nitrogens is 2. The summed E-state index contributed by atoms with van der Waals surface area (Å²) < 4.78 is 7.50. The lowest BCUT2D eigenvalue weighted by molar-refractivity contribution is 0.00569. The lowest BCUT2D eigenvalue weighted by Gasteiger charge is -2.34. The minimum Gasteiger partial charge on any atom is -0.340 e. The highest BCUT2D eigenvalue weighted by molar-refractivity contribution is 5.68. The third kappa shape index (κ3) is 2.13. The number of anilines is 1. The molecule has 0 fully saturated rings. The van der Waals surface area contributed by atoms with E-state index in [0.29, 0.717) is 5.82 Å². The lowest BCUT2D eigenvalue weighted by atomic mass is 10.1. The van der Waals surface area contributed by atoms with Crippen LogP contribution in [0.5, 0.6) is 0 Å². The van der Waals surface area contributed by atoms with Gasteiger partial charge in [0.1, 0.15) is 0 Å². The summed E-state index contributed by atoms with van der Waals surface area (Å²) in [5.74, 6) is -0.522. The molecule has 0 saturated heterocycles. The summed E-state index contributed by atoms with van der Waals surface area (Å²) >= 11 is 0. The van der Waals surface area contributed by atoms with E-state index in [1.807, 2.05) is 35.0 Å². The first kappa shape index (κ1) is 14.0. The van der Waals surface area contributed by atoms with Gasteiger partial charge in [0.2, 0.25) is 0 Å². The standard InChI is InChI=1S/C18H18N4O/c1-12-7-9-13(10-8-12)15-11-22-16-6-4-3-5-14(16)21-18(19,23-2)17(22)20-15/h3-11,21H,19H2,1-2H3. The Balaban J connectivity index is 1.92. The van der Waals surface area contributed by atoms with E-state index in [-0.39, 0.29) is 0 Å². The Morgan fingerprint density at radius 3 is 2.61 bits per heavy atom. The van der Waals surface area contributed by atoms with E-state index < -0.39 is 5.85 Å². The van der Waals surface area contributed by atoms with Gasteiger partial charge in [0.15, 0.2) is 5.82 Å². The zero-order valence-corrected chi connectivity index (χ0v) is 13.1. The maximum Gasteiger partial charge on any atom is 0.254 e. The van der Waals surface area contributed by atoms with E-state index in [1.54, 1.807) is 7.11 Å². The second kappa shape index (κ2) is 4.94. The fourth-order valence-corrected chi connectivity index (χ4v) is 2.88. The van der Waals surface area contributed by atoms with Crippen LogP contribution in [0.15, 0.2) is 54.7 Å². The molecule has 4 rings (SSSR count). The Morgan fingerprint density at radius 1 is 1.13 bits per heavy atom. The van der Waals surface area contributed by atoms with Crippen LogP contribution in [-0.2, 0) is 10.6 Å². The van der Waals surface area contributed by atoms with Gasteiger partial charge < -0.3 is 10.1 Å². The number of fused-ring (bicyclic) bond motifs is 3. The average Bonchev–Trinajstić information content (AvgIpc) is 3.02. The third-order valence-electron chi connectivity index (χ3n) is 4.19. The van der Waals surface area contributed by atoms with Gasteiger partial charge in [-0.1, -0.05) is 42.0 Å². The molecule has 1 aromatic heterocycles. The molecular formula is C18H18N4O. The lowest BCUT2D eigenvalue weighted by Crippen LogP contribution is -2.50. The minimum atomic E-state index is -1.16. The number of hydrogen-bond acceptors (Lipinski definition) is 4. The van der Waals surface area contributed by atoms with Gasteiger partial charge in [0.05, 0.1) is 17.1 Å². The van der Waals surface area contributed by atoms with Crippen molar-refractivity contribution in [3.8, 4) is 16.9 Å². The predicted octanol–water partition coefficient (Wildman–Crippen LogP) is 2.99. The highest BCUT2D eigenvalue weighted by Crippen LogP contribution is 2.36. The Morgan fingerprint density at radius 2 is 1.87 bits per heavy atom. The fourth-order valence-electron chi connectivity index (χ4n) is 2.88. The van der Waals surface area contributed by atoms with Crippen molar-refractivity contribution < 1.29 is 4.74 Å². The molecule has 2 heterocycles. The van der Waals surface area contributed by atoms with E-state index in [2.05, 4.69) is 36.5 Å². The number of methoxy groups -OCH3 is 1. The van der Waals surface area contributed by atoms with Gasteiger partial charge in [-0.3, -0.25) is 10.3 Å². The topological polar surface area (TPSA) is 65.1 Å². The van der Waals surface area contributed by atoms with Crippen molar-refractivity contribution in [2.45, 2.75) is 12.8 Å². The number of nitrogens with two attached hydrogens (primary N) is 1. The summed E-state index contributed by atoms with van der Waals surface area (Å²) in [5, 5.41) is 3.23. The SMILES string of the molecule is COC1(N)Nc2ccccc2-n2cc(-c3ccc(C)cc3)nc21. The van der Waals surface area contributed by atoms with Crippen molar-refractivity contribution in [2.24, 2.45) is 5.73 Å². The van der Waals surface area contributed by atoms with Gasteiger partial charge in [-0.15, -0.1) is 0 Å². The van der Waals surface area contributed by atoms with Crippen molar-refractivity contribution in [3.05, 3.63) is 66.1 Å². The minimum absolute atomic E-state index is 0.634. The Hall–Kier alpha value is -2.63. The molecule has 0 aliphatic carbocycles. The summed E-state index contributed by atoms with van der Waals surface area (Å²) in [6, 6.07) is 16.2. The second-order valence-corrected chi connectivity index (χ2v) is 5.77. The van der Waals surface area contributed by atoms with Crippen LogP contribution in [0.1, 0.15) is 11.4 Å². The molecule has 0 radical (unpaired) electrons. The summed E-state index contributed by atoms with van der Waals surface area (Å²) in [6.45, 7) is 2.07. The van der Waals surface area contributed by atoms with Crippen LogP contribution in [0.4, 0.5) is 5.69 Å². The summed E-state index contributed by atoms with van der Waals surface area (Å²) in [4.78, 5) is 4.72. The molecule has 1 aliphatic rings. The smallest absolute Gasteiger partial charge is 0.254 e. The normalized spacial score (nSPS) is 18.9. The predicted molar refractivity (Wildman–Crippen MR) is 90.2 cm³/mol. The van der Waals surface area contributed by atoms with Crippen molar-refractivity contribution in [2.75, 3.05) is 12.4 Å². The highest BCUT2D eigenvalue weighted by Gasteiger charge is 2.38. The maximum atomic E-state index is 6.38. The largest absolute Gasteiger partial charge is 0.340 e. The van der Waals surface area contributed by atoms with E-state index in [4.69, 9.17) is 15.5 Å². The zero-order valence-electron chi connectivity index (χ0n) is 13.1. The molecule has 2 aromatic carbocycles. The van der Waals surface area contributed by atoms with E-state index >= 15 is 0 Å². The van der Waals surface area contributed by atoms with Crippen LogP contribution < -0.4 is 11.1 Å². The van der Waals surface area contributed by atoms with Crippen molar-refractivity contribution >= 4 is 5.69 Å². The number of para-hydroxylation sites is 2. The molecule has 1 atom stereocenters. The number of rotatable bonds is 2. The molecule has 1 unspecified atom stereocenters. The maximum absolute atomic E-state index is 6.38. The van der Waals surface area contributed by atoms with Crippen molar-refractivity contribution in [1.29, 1.82) is 0 Å². The van der Waals surface area contributed by atoms with Gasteiger partial charge in [0.25, 0.3) is 5.85 Å². The van der Waals surface area contributed by atoms with Crippen LogP contribution in [0.2, 0.25) is 0 Å². The monoisotopic (exact) mass is 306 g/mol. The Labute approximate surface area is 134 Å². The number of nitrogens with one attached hydrogen (secondary N) is 1. The molecule has 1 aliphatic heterocycles. The van der Waals surface area contributed by atoms with E-state index in [0.717, 1.165) is 22.6 Å². The van der Waals surface area contributed by atoms with Crippen LogP contribution >= 0.6 is 0 Å². The molecular weight excluding hydrogens is 288 g/mol. The van der Waals surface area contributed by atoms with Gasteiger partial charge in [-0.05, 0) is 19.1 Å². The number of ether oxygens (including phenoxy) is 1. The Kier molecular flexibility index (Phi) is 3.01. The number of benzene rings is 2. The molecule has 3 aromatic rings. The number of imidazole rings is 1. The first-order valence-electron chi connectivity index (χ1n) is 7.49. The second-order valence-electron chi connectivity index (χ2n) is 5.77. The van der Waals surface area contributed by atoms with Crippen LogP contribution in [0.25, 0.3) is 16.9 Å². The number of nitrogens with zero attached hydrogens (tertiary/aromatic N) is 2. The number of hydrogen-bond donors (Lipinski definition) is 2. The highest BCUT2D eigenvalue weighted by atomic mass is 16.5. The molecule has 23 heavy (non-hydrogen) atoms. The van der Waals surface area contributed by atoms with Gasteiger partial charge in [0, 0.05) is 18.9 Å². The van der Waals surface area contributed by atoms with E-state index in [1.165, 1.54) is 5.56 Å². The van der Waals surface area contributed by atoms with Crippen LogP contribution in [-0.4, -0.2) is 16.7 Å². The van der Waals surface area contributed by atoms with Gasteiger partial charge in [-0.2, -0.15) is 0 Å². The molecule has 116 valence electrons.